The molecule has 1 saturated heterocycles. The van der Waals surface area contributed by atoms with Crippen LogP contribution in [0.3, 0.4) is 0 Å². The maximum atomic E-state index is 11.7. The van der Waals surface area contributed by atoms with Crippen LogP contribution in [0.5, 0.6) is 0 Å². The average molecular weight is 303 g/mol. The van der Waals surface area contributed by atoms with Crippen LogP contribution in [-0.2, 0) is 16.4 Å². The maximum absolute atomic E-state index is 11.7. The number of benzene rings is 1. The minimum absolute atomic E-state index is 0.221. The molecule has 19 heavy (non-hydrogen) atoms. The van der Waals surface area contributed by atoms with Gasteiger partial charge in [-0.2, -0.15) is 0 Å². The van der Waals surface area contributed by atoms with Gasteiger partial charge in [-0.1, -0.05) is 17.7 Å². The van der Waals surface area contributed by atoms with Crippen LogP contribution in [0.15, 0.2) is 18.2 Å². The molecule has 0 radical (unpaired) electrons. The lowest BCUT2D eigenvalue weighted by Gasteiger charge is -2.25. The van der Waals surface area contributed by atoms with E-state index in [1.54, 1.807) is 0 Å². The number of hydrogen-bond acceptors (Lipinski definition) is 4. The lowest BCUT2D eigenvalue weighted by molar-refractivity contribution is 0.597. The van der Waals surface area contributed by atoms with Crippen LogP contribution in [0.25, 0.3) is 0 Å². The summed E-state index contributed by atoms with van der Waals surface area (Å²) in [5.74, 6) is 0.504. The molecule has 2 rings (SSSR count). The smallest absolute Gasteiger partial charge is 0.152 e. The number of nitrogens with one attached hydrogen (secondary N) is 1. The van der Waals surface area contributed by atoms with Crippen molar-refractivity contribution in [3.8, 4) is 0 Å². The van der Waals surface area contributed by atoms with E-state index in [1.165, 1.54) is 0 Å². The predicted octanol–water partition coefficient (Wildman–Crippen LogP) is 1.68. The van der Waals surface area contributed by atoms with Crippen molar-refractivity contribution in [1.29, 1.82) is 0 Å². The molecule has 1 heterocycles. The van der Waals surface area contributed by atoms with Crippen LogP contribution in [0.2, 0.25) is 5.02 Å². The molecule has 1 N–H and O–H groups in total. The fourth-order valence-electron chi connectivity index (χ4n) is 2.35. The Labute approximate surface area is 119 Å². The van der Waals surface area contributed by atoms with Crippen molar-refractivity contribution in [2.24, 2.45) is 0 Å². The van der Waals surface area contributed by atoms with Crippen molar-refractivity contribution in [1.82, 2.24) is 5.32 Å². The predicted molar refractivity (Wildman–Crippen MR) is 79.7 cm³/mol. The Hall–Kier alpha value is -0.780. The van der Waals surface area contributed by atoms with Gasteiger partial charge in [-0.3, -0.25) is 0 Å². The highest BCUT2D eigenvalue weighted by Crippen LogP contribution is 2.26. The molecular weight excluding hydrogens is 284 g/mol. The first-order valence-corrected chi connectivity index (χ1v) is 8.60. The molecule has 106 valence electrons. The van der Waals surface area contributed by atoms with E-state index in [9.17, 15) is 8.42 Å². The summed E-state index contributed by atoms with van der Waals surface area (Å²) in [4.78, 5) is 2.13. The standard InChI is InChI=1S/C13H19ClN2O2S/c1-15-10-11-3-4-12(14)9-13(11)16-5-2-7-19(17,18)8-6-16/h3-4,9,15H,2,5-8,10H2,1H3. The Morgan fingerprint density at radius 1 is 1.32 bits per heavy atom. The third kappa shape index (κ3) is 3.84. The van der Waals surface area contributed by atoms with Gasteiger partial charge in [-0.25, -0.2) is 8.42 Å². The van der Waals surface area contributed by atoms with Crippen molar-refractivity contribution >= 4 is 27.1 Å². The highest BCUT2D eigenvalue weighted by Gasteiger charge is 2.20. The molecule has 1 fully saturated rings. The van der Waals surface area contributed by atoms with Crippen molar-refractivity contribution < 1.29 is 8.42 Å². The number of halogens is 1. The summed E-state index contributed by atoms with van der Waals surface area (Å²) in [6.45, 7) is 2.05. The van der Waals surface area contributed by atoms with E-state index in [0.29, 0.717) is 18.0 Å². The quantitative estimate of drug-likeness (QED) is 0.923. The van der Waals surface area contributed by atoms with Crippen LogP contribution in [-0.4, -0.2) is 40.1 Å². The van der Waals surface area contributed by atoms with E-state index in [1.807, 2.05) is 25.2 Å². The van der Waals surface area contributed by atoms with E-state index in [0.717, 1.165) is 24.3 Å². The summed E-state index contributed by atoms with van der Waals surface area (Å²) >= 11 is 6.07. The molecule has 0 atom stereocenters. The molecule has 0 aromatic heterocycles. The summed E-state index contributed by atoms with van der Waals surface area (Å²) in [7, 11) is -0.992. The first-order chi connectivity index (χ1) is 9.02. The van der Waals surface area contributed by atoms with Crippen molar-refractivity contribution in [3.05, 3.63) is 28.8 Å². The molecule has 1 aliphatic heterocycles. The van der Waals surface area contributed by atoms with Gasteiger partial charge in [0.1, 0.15) is 0 Å². The Balaban J connectivity index is 2.27. The second-order valence-corrected chi connectivity index (χ2v) is 7.54. The Bertz CT molecular complexity index is 546. The number of rotatable bonds is 3. The number of nitrogens with zero attached hydrogens (tertiary/aromatic N) is 1. The van der Waals surface area contributed by atoms with E-state index in [4.69, 9.17) is 11.6 Å². The third-order valence-corrected chi connectivity index (χ3v) is 5.26. The molecule has 1 aliphatic rings. The maximum Gasteiger partial charge on any atom is 0.152 e. The molecule has 6 heteroatoms. The molecule has 1 aromatic rings. The zero-order valence-electron chi connectivity index (χ0n) is 11.0. The summed E-state index contributed by atoms with van der Waals surface area (Å²) in [5.41, 5.74) is 2.19. The lowest BCUT2D eigenvalue weighted by Crippen LogP contribution is -2.28. The fourth-order valence-corrected chi connectivity index (χ4v) is 3.79. The van der Waals surface area contributed by atoms with E-state index >= 15 is 0 Å². The highest BCUT2D eigenvalue weighted by molar-refractivity contribution is 7.91. The molecule has 0 bridgehead atoms. The summed E-state index contributed by atoms with van der Waals surface area (Å²) in [6.07, 6.45) is 0.674. The molecule has 0 amide bonds. The zero-order valence-corrected chi connectivity index (χ0v) is 12.6. The Morgan fingerprint density at radius 2 is 2.11 bits per heavy atom. The molecular formula is C13H19ClN2O2S. The Kier molecular flexibility index (Phi) is 4.71. The fraction of sp³-hybridized carbons (Fsp3) is 0.538. The summed E-state index contributed by atoms with van der Waals surface area (Å²) < 4.78 is 23.3. The van der Waals surface area contributed by atoms with Gasteiger partial charge < -0.3 is 10.2 Å². The first kappa shape index (κ1) is 14.6. The van der Waals surface area contributed by atoms with Gasteiger partial charge in [0, 0.05) is 30.3 Å². The van der Waals surface area contributed by atoms with Crippen LogP contribution >= 0.6 is 11.6 Å². The van der Waals surface area contributed by atoms with Crippen LogP contribution < -0.4 is 10.2 Å². The summed E-state index contributed by atoms with van der Waals surface area (Å²) in [6, 6.07) is 5.78. The van der Waals surface area contributed by atoms with Gasteiger partial charge in [0.05, 0.1) is 11.5 Å². The van der Waals surface area contributed by atoms with Crippen molar-refractivity contribution in [2.45, 2.75) is 13.0 Å². The second kappa shape index (κ2) is 6.11. The minimum Gasteiger partial charge on any atom is -0.370 e. The van der Waals surface area contributed by atoms with Gasteiger partial charge in [-0.05, 0) is 31.2 Å². The zero-order chi connectivity index (χ0) is 13.9. The van der Waals surface area contributed by atoms with Gasteiger partial charge in [0.25, 0.3) is 0 Å². The van der Waals surface area contributed by atoms with Crippen LogP contribution in [0, 0.1) is 0 Å². The van der Waals surface area contributed by atoms with E-state index in [2.05, 4.69) is 10.2 Å². The van der Waals surface area contributed by atoms with Crippen LogP contribution in [0.4, 0.5) is 5.69 Å². The SMILES string of the molecule is CNCc1ccc(Cl)cc1N1CCCS(=O)(=O)CC1. The van der Waals surface area contributed by atoms with Gasteiger partial charge >= 0.3 is 0 Å². The molecule has 0 unspecified atom stereocenters. The lowest BCUT2D eigenvalue weighted by atomic mass is 10.1. The van der Waals surface area contributed by atoms with Crippen molar-refractivity contribution in [3.63, 3.8) is 0 Å². The molecule has 0 saturated carbocycles. The summed E-state index contributed by atoms with van der Waals surface area (Å²) in [5, 5.41) is 3.81. The highest BCUT2D eigenvalue weighted by atomic mass is 35.5. The molecule has 0 aliphatic carbocycles. The average Bonchev–Trinajstić information content (AvgIpc) is 2.53. The number of anilines is 1. The largest absolute Gasteiger partial charge is 0.370 e. The number of hydrogen-bond donors (Lipinski definition) is 1. The minimum atomic E-state index is -2.89. The van der Waals surface area contributed by atoms with Gasteiger partial charge in [0.2, 0.25) is 0 Å². The molecule has 4 nitrogen and oxygen atoms in total. The topological polar surface area (TPSA) is 49.4 Å². The van der Waals surface area contributed by atoms with E-state index < -0.39 is 9.84 Å². The van der Waals surface area contributed by atoms with Gasteiger partial charge in [0.15, 0.2) is 9.84 Å². The first-order valence-electron chi connectivity index (χ1n) is 6.40. The molecule has 0 spiro atoms. The van der Waals surface area contributed by atoms with Crippen molar-refractivity contribution in [2.75, 3.05) is 36.5 Å². The third-order valence-electron chi connectivity index (χ3n) is 3.31. The normalized spacial score (nSPS) is 19.2. The van der Waals surface area contributed by atoms with Gasteiger partial charge in [-0.15, -0.1) is 0 Å². The Morgan fingerprint density at radius 3 is 2.84 bits per heavy atom. The van der Waals surface area contributed by atoms with E-state index in [-0.39, 0.29) is 11.5 Å². The second-order valence-electron chi connectivity index (χ2n) is 4.80. The van der Waals surface area contributed by atoms with Crippen LogP contribution in [0.1, 0.15) is 12.0 Å². The number of sulfone groups is 1. The molecule has 1 aromatic carbocycles. The monoisotopic (exact) mass is 302 g/mol.